The molecule has 1 amide bonds. The number of rotatable bonds is 8. The van der Waals surface area contributed by atoms with Gasteiger partial charge in [0.1, 0.15) is 23.3 Å². The maximum atomic E-state index is 13.2. The van der Waals surface area contributed by atoms with Crippen molar-refractivity contribution in [2.75, 3.05) is 46.0 Å². The lowest BCUT2D eigenvalue weighted by molar-refractivity contribution is -0.140. The molecule has 2 fully saturated rings. The number of H-pyrrole nitrogens is 1. The number of amides is 1. The predicted octanol–water partition coefficient (Wildman–Crippen LogP) is 2.55. The topological polar surface area (TPSA) is 125 Å². The highest BCUT2D eigenvalue weighted by Gasteiger charge is 2.47. The van der Waals surface area contributed by atoms with E-state index in [-0.39, 0.29) is 23.6 Å². The van der Waals surface area contributed by atoms with Crippen LogP contribution in [0.1, 0.15) is 52.5 Å². The number of esters is 1. The Hall–Kier alpha value is -3.37. The number of morpholine rings is 1. The van der Waals surface area contributed by atoms with Gasteiger partial charge in [0.25, 0.3) is 11.7 Å². The van der Waals surface area contributed by atoms with E-state index >= 15 is 0 Å². The Labute approximate surface area is 203 Å². The summed E-state index contributed by atoms with van der Waals surface area (Å²) < 4.78 is 16.1. The number of aromatic nitrogens is 1. The summed E-state index contributed by atoms with van der Waals surface area (Å²) in [6, 6.07) is 2.49. The second-order valence-electron chi connectivity index (χ2n) is 8.66. The van der Waals surface area contributed by atoms with E-state index in [0.29, 0.717) is 48.8 Å². The largest absolute Gasteiger partial charge is 0.507 e. The SMILES string of the molecule is CCOC(=O)c1[nH]c(C)c(/C(O)=C2\C(=O)C(=O)N(CCCN3CCOCC3)C2c2ccco2)c1C. The Morgan fingerprint density at radius 2 is 1.97 bits per heavy atom. The third kappa shape index (κ3) is 4.76. The number of hydrogen-bond donors (Lipinski definition) is 2. The molecule has 2 saturated heterocycles. The van der Waals surface area contributed by atoms with E-state index in [2.05, 4.69) is 9.88 Å². The Morgan fingerprint density at radius 3 is 2.63 bits per heavy atom. The highest BCUT2D eigenvalue weighted by atomic mass is 16.5. The maximum absolute atomic E-state index is 13.2. The van der Waals surface area contributed by atoms with Crippen LogP contribution in [0.25, 0.3) is 5.76 Å². The smallest absolute Gasteiger partial charge is 0.355 e. The fourth-order valence-electron chi connectivity index (χ4n) is 4.79. The van der Waals surface area contributed by atoms with Crippen LogP contribution in [0, 0.1) is 13.8 Å². The van der Waals surface area contributed by atoms with Crippen LogP contribution in [0.15, 0.2) is 28.4 Å². The quantitative estimate of drug-likeness (QED) is 0.253. The van der Waals surface area contributed by atoms with Crippen molar-refractivity contribution in [3.8, 4) is 0 Å². The van der Waals surface area contributed by atoms with Crippen LogP contribution in [0.5, 0.6) is 0 Å². The monoisotopic (exact) mass is 485 g/mol. The third-order valence-electron chi connectivity index (χ3n) is 6.48. The number of ketones is 1. The Balaban J connectivity index is 1.68. The molecule has 1 unspecified atom stereocenters. The summed E-state index contributed by atoms with van der Waals surface area (Å²) in [5, 5.41) is 11.4. The minimum Gasteiger partial charge on any atom is -0.507 e. The number of ether oxygens (including phenoxy) is 2. The number of carbonyl (C=O) groups excluding carboxylic acids is 3. The average molecular weight is 486 g/mol. The average Bonchev–Trinajstić information content (AvgIpc) is 3.53. The molecular formula is C25H31N3O7. The van der Waals surface area contributed by atoms with Gasteiger partial charge in [-0.1, -0.05) is 0 Å². The van der Waals surface area contributed by atoms with Crippen LogP contribution in [0.3, 0.4) is 0 Å². The minimum absolute atomic E-state index is 0.0584. The van der Waals surface area contributed by atoms with Crippen LogP contribution in [0.4, 0.5) is 0 Å². The molecule has 10 nitrogen and oxygen atoms in total. The molecule has 0 bridgehead atoms. The Kier molecular flexibility index (Phi) is 7.42. The Bertz CT molecular complexity index is 1130. The van der Waals surface area contributed by atoms with Crippen molar-refractivity contribution >= 4 is 23.4 Å². The van der Waals surface area contributed by atoms with Crippen molar-refractivity contribution < 1.29 is 33.4 Å². The van der Waals surface area contributed by atoms with Crippen LogP contribution >= 0.6 is 0 Å². The van der Waals surface area contributed by atoms with E-state index in [4.69, 9.17) is 13.9 Å². The van der Waals surface area contributed by atoms with Crippen LogP contribution in [-0.2, 0) is 19.1 Å². The molecule has 2 aromatic rings. The fourth-order valence-corrected chi connectivity index (χ4v) is 4.79. The zero-order chi connectivity index (χ0) is 25.1. The number of aromatic amines is 1. The number of Topliss-reactive ketones (excluding diaryl/α,β-unsaturated/α-hetero) is 1. The van der Waals surface area contributed by atoms with Gasteiger partial charge in [-0.25, -0.2) is 4.79 Å². The second kappa shape index (κ2) is 10.5. The number of likely N-dealkylation sites (tertiary alicyclic amines) is 1. The van der Waals surface area contributed by atoms with E-state index in [1.807, 2.05) is 0 Å². The number of nitrogens with one attached hydrogen (secondary N) is 1. The van der Waals surface area contributed by atoms with Gasteiger partial charge in [-0.05, 0) is 44.9 Å². The van der Waals surface area contributed by atoms with Crippen molar-refractivity contribution in [2.45, 2.75) is 33.2 Å². The summed E-state index contributed by atoms with van der Waals surface area (Å²) in [4.78, 5) is 45.3. The van der Waals surface area contributed by atoms with E-state index in [1.54, 1.807) is 32.9 Å². The number of furan rings is 1. The van der Waals surface area contributed by atoms with E-state index in [0.717, 1.165) is 19.6 Å². The van der Waals surface area contributed by atoms with Gasteiger partial charge in [0.2, 0.25) is 0 Å². The predicted molar refractivity (Wildman–Crippen MR) is 126 cm³/mol. The van der Waals surface area contributed by atoms with Crippen molar-refractivity contribution in [1.82, 2.24) is 14.8 Å². The van der Waals surface area contributed by atoms with E-state index in [1.165, 1.54) is 11.2 Å². The first-order chi connectivity index (χ1) is 16.8. The fraction of sp³-hybridized carbons (Fsp3) is 0.480. The van der Waals surface area contributed by atoms with Crippen LogP contribution < -0.4 is 0 Å². The molecule has 0 aromatic carbocycles. The van der Waals surface area contributed by atoms with Gasteiger partial charge in [-0.2, -0.15) is 0 Å². The second-order valence-corrected chi connectivity index (χ2v) is 8.66. The maximum Gasteiger partial charge on any atom is 0.355 e. The third-order valence-corrected chi connectivity index (χ3v) is 6.48. The van der Waals surface area contributed by atoms with Gasteiger partial charge >= 0.3 is 5.97 Å². The summed E-state index contributed by atoms with van der Waals surface area (Å²) in [5.41, 5.74) is 1.36. The lowest BCUT2D eigenvalue weighted by Gasteiger charge is -2.28. The lowest BCUT2D eigenvalue weighted by Crippen LogP contribution is -2.38. The molecule has 0 aliphatic carbocycles. The summed E-state index contributed by atoms with van der Waals surface area (Å²) in [7, 11) is 0. The van der Waals surface area contributed by atoms with Gasteiger partial charge in [-0.3, -0.25) is 14.5 Å². The molecule has 1 atom stereocenters. The first-order valence-electron chi connectivity index (χ1n) is 11.8. The van der Waals surface area contributed by atoms with Crippen molar-refractivity contribution in [3.05, 3.63) is 52.2 Å². The summed E-state index contributed by atoms with van der Waals surface area (Å²) in [5.74, 6) is -1.99. The molecule has 10 heteroatoms. The molecular weight excluding hydrogens is 454 g/mol. The number of aliphatic hydroxyl groups excluding tert-OH is 1. The summed E-state index contributed by atoms with van der Waals surface area (Å²) in [6.45, 7) is 9.35. The highest BCUT2D eigenvalue weighted by Crippen LogP contribution is 2.41. The normalized spacial score (nSPS) is 20.5. The molecule has 35 heavy (non-hydrogen) atoms. The molecule has 188 valence electrons. The summed E-state index contributed by atoms with van der Waals surface area (Å²) in [6.07, 6.45) is 2.12. The number of nitrogens with zero attached hydrogens (tertiary/aromatic N) is 2. The minimum atomic E-state index is -0.866. The molecule has 0 radical (unpaired) electrons. The standard InChI is InChI=1S/C25H31N3O7/c1-4-34-25(32)20-15(2)18(16(3)26-20)22(29)19-21(17-7-5-12-35-17)28(24(31)23(19)30)9-6-8-27-10-13-33-14-11-27/h5,7,12,21,26,29H,4,6,8-11,13-14H2,1-3H3/b22-19+. The first-order valence-corrected chi connectivity index (χ1v) is 11.8. The number of aryl methyl sites for hydroxylation is 1. The molecule has 0 spiro atoms. The zero-order valence-electron chi connectivity index (χ0n) is 20.3. The number of aliphatic hydroxyl groups is 1. The molecule has 0 saturated carbocycles. The molecule has 2 aliphatic rings. The molecule has 2 N–H and O–H groups in total. The van der Waals surface area contributed by atoms with Gasteiger partial charge in [0, 0.05) is 37.4 Å². The van der Waals surface area contributed by atoms with Crippen molar-refractivity contribution in [2.24, 2.45) is 0 Å². The van der Waals surface area contributed by atoms with Crippen LogP contribution in [0.2, 0.25) is 0 Å². The molecule has 4 heterocycles. The molecule has 2 aromatic heterocycles. The Morgan fingerprint density at radius 1 is 1.23 bits per heavy atom. The van der Waals surface area contributed by atoms with Crippen molar-refractivity contribution in [3.63, 3.8) is 0 Å². The van der Waals surface area contributed by atoms with Gasteiger partial charge in [0.15, 0.2) is 0 Å². The number of hydrogen-bond acceptors (Lipinski definition) is 8. The number of carbonyl (C=O) groups is 3. The van der Waals surface area contributed by atoms with Crippen LogP contribution in [-0.4, -0.2) is 83.5 Å². The molecule has 4 rings (SSSR count). The van der Waals surface area contributed by atoms with Gasteiger partial charge in [0.05, 0.1) is 31.7 Å². The highest BCUT2D eigenvalue weighted by molar-refractivity contribution is 6.46. The van der Waals surface area contributed by atoms with Crippen molar-refractivity contribution in [1.29, 1.82) is 0 Å². The zero-order valence-corrected chi connectivity index (χ0v) is 20.3. The van der Waals surface area contributed by atoms with E-state index < -0.39 is 23.7 Å². The molecule has 2 aliphatic heterocycles. The van der Waals surface area contributed by atoms with Gasteiger partial charge < -0.3 is 28.9 Å². The lowest BCUT2D eigenvalue weighted by atomic mass is 9.97. The first kappa shape index (κ1) is 24.7. The van der Waals surface area contributed by atoms with Gasteiger partial charge in [-0.15, -0.1) is 0 Å². The van der Waals surface area contributed by atoms with E-state index in [9.17, 15) is 19.5 Å². The summed E-state index contributed by atoms with van der Waals surface area (Å²) >= 11 is 0.